The number of anilines is 2. The number of nitrogens with one attached hydrogen (secondary N) is 1. The smallest absolute Gasteiger partial charge is 0.182 e. The topological polar surface area (TPSA) is 90.0 Å². The minimum absolute atomic E-state index is 0.0472. The first kappa shape index (κ1) is 14.3. The highest BCUT2D eigenvalue weighted by Crippen LogP contribution is 2.29. The average molecular weight is 298 g/mol. The van der Waals surface area contributed by atoms with Crippen molar-refractivity contribution in [3.63, 3.8) is 0 Å². The molecule has 0 atom stereocenters. The Bertz CT molecular complexity index is 740. The molecule has 0 unspecified atom stereocenters. The predicted molar refractivity (Wildman–Crippen MR) is 75.2 cm³/mol. The van der Waals surface area contributed by atoms with Crippen molar-refractivity contribution in [3.05, 3.63) is 30.1 Å². The number of nitrogens with two attached hydrogens (primary N) is 1. The first-order valence-corrected chi connectivity index (χ1v) is 7.82. The van der Waals surface area contributed by atoms with Gasteiger partial charge in [-0.2, -0.15) is 0 Å². The van der Waals surface area contributed by atoms with Crippen molar-refractivity contribution in [1.82, 2.24) is 9.78 Å². The third-order valence-corrected chi connectivity index (χ3v) is 3.79. The Kier molecular flexibility index (Phi) is 3.67. The Hall–Kier alpha value is -2.09. The van der Waals surface area contributed by atoms with Crippen molar-refractivity contribution in [1.29, 1.82) is 0 Å². The summed E-state index contributed by atoms with van der Waals surface area (Å²) >= 11 is 0. The highest BCUT2D eigenvalue weighted by Gasteiger charge is 2.24. The summed E-state index contributed by atoms with van der Waals surface area (Å²) in [5.41, 5.74) is 6.22. The predicted octanol–water partition coefficient (Wildman–Crippen LogP) is 1.43. The molecule has 8 heteroatoms. The van der Waals surface area contributed by atoms with Gasteiger partial charge >= 0.3 is 0 Å². The van der Waals surface area contributed by atoms with Crippen LogP contribution in [0.15, 0.2) is 29.2 Å². The fraction of sp³-hybridized carbons (Fsp3) is 0.250. The molecule has 20 heavy (non-hydrogen) atoms. The zero-order valence-electron chi connectivity index (χ0n) is 11.1. The van der Waals surface area contributed by atoms with Gasteiger partial charge in [-0.1, -0.05) is 6.07 Å². The van der Waals surface area contributed by atoms with E-state index < -0.39 is 15.7 Å². The Balaban J connectivity index is 2.68. The number of hydrogen-bond donors (Lipinski definition) is 2. The van der Waals surface area contributed by atoms with Crippen LogP contribution in [0.5, 0.6) is 0 Å². The molecule has 6 nitrogen and oxygen atoms in total. The van der Waals surface area contributed by atoms with Crippen molar-refractivity contribution < 1.29 is 12.8 Å². The maximum atomic E-state index is 13.3. The lowest BCUT2D eigenvalue weighted by Gasteiger charge is -2.04. The van der Waals surface area contributed by atoms with Gasteiger partial charge < -0.3 is 11.1 Å². The lowest BCUT2D eigenvalue weighted by molar-refractivity contribution is 0.602. The molecule has 0 bridgehead atoms. The van der Waals surface area contributed by atoms with E-state index in [1.54, 1.807) is 6.07 Å². The normalized spacial score (nSPS) is 11.6. The molecule has 0 spiro atoms. The van der Waals surface area contributed by atoms with Crippen LogP contribution in [0, 0.1) is 5.82 Å². The number of nitrogens with zero attached hydrogens (tertiary/aromatic N) is 2. The van der Waals surface area contributed by atoms with Gasteiger partial charge in [-0.25, -0.2) is 17.5 Å². The number of halogens is 1. The monoisotopic (exact) mass is 298 g/mol. The minimum Gasteiger partial charge on any atom is -0.382 e. The van der Waals surface area contributed by atoms with Gasteiger partial charge in [-0.15, -0.1) is 5.10 Å². The summed E-state index contributed by atoms with van der Waals surface area (Å²) in [7, 11) is -3.55. The molecule has 0 aliphatic carbocycles. The van der Waals surface area contributed by atoms with Crippen molar-refractivity contribution >= 4 is 21.5 Å². The van der Waals surface area contributed by atoms with Gasteiger partial charge in [-0.05, 0) is 25.1 Å². The zero-order chi connectivity index (χ0) is 14.9. The minimum atomic E-state index is -3.55. The molecule has 0 saturated heterocycles. The fourth-order valence-corrected chi connectivity index (χ4v) is 2.80. The summed E-state index contributed by atoms with van der Waals surface area (Å²) in [6, 6.07) is 5.60. The molecule has 0 amide bonds. The van der Waals surface area contributed by atoms with Crippen LogP contribution in [-0.2, 0) is 9.84 Å². The fourth-order valence-electron chi connectivity index (χ4n) is 1.87. The molecular formula is C12H15FN4O2S. The molecule has 1 aromatic heterocycles. The highest BCUT2D eigenvalue weighted by molar-refractivity contribution is 7.91. The molecule has 0 aliphatic rings. The van der Waals surface area contributed by atoms with Crippen LogP contribution in [-0.4, -0.2) is 31.0 Å². The van der Waals surface area contributed by atoms with Crippen LogP contribution in [0.1, 0.15) is 6.92 Å². The zero-order valence-corrected chi connectivity index (χ0v) is 11.9. The lowest BCUT2D eigenvalue weighted by atomic mass is 10.3. The molecule has 0 fully saturated rings. The van der Waals surface area contributed by atoms with E-state index in [-0.39, 0.29) is 16.5 Å². The third kappa shape index (κ3) is 2.60. The molecule has 0 aliphatic heterocycles. The Morgan fingerprint density at radius 3 is 2.70 bits per heavy atom. The largest absolute Gasteiger partial charge is 0.382 e. The van der Waals surface area contributed by atoms with Crippen LogP contribution in [0.3, 0.4) is 0 Å². The van der Waals surface area contributed by atoms with Crippen molar-refractivity contribution in [3.8, 4) is 5.69 Å². The summed E-state index contributed by atoms with van der Waals surface area (Å²) in [6.45, 7) is 2.30. The van der Waals surface area contributed by atoms with Crippen molar-refractivity contribution in [2.75, 3.05) is 23.9 Å². The molecule has 2 aromatic rings. The molecule has 1 aromatic carbocycles. The maximum absolute atomic E-state index is 13.3. The molecule has 1 heterocycles. The van der Waals surface area contributed by atoms with Gasteiger partial charge in [-0.3, -0.25) is 0 Å². The third-order valence-electron chi connectivity index (χ3n) is 2.64. The van der Waals surface area contributed by atoms with Gasteiger partial charge in [0.2, 0.25) is 0 Å². The van der Waals surface area contributed by atoms with Crippen molar-refractivity contribution in [2.45, 2.75) is 11.8 Å². The van der Waals surface area contributed by atoms with Gasteiger partial charge in [0.1, 0.15) is 11.6 Å². The second kappa shape index (κ2) is 5.12. The van der Waals surface area contributed by atoms with E-state index in [1.807, 2.05) is 6.92 Å². The quantitative estimate of drug-likeness (QED) is 0.891. The van der Waals surface area contributed by atoms with Crippen LogP contribution < -0.4 is 11.1 Å². The first-order valence-electron chi connectivity index (χ1n) is 5.93. The second-order valence-corrected chi connectivity index (χ2v) is 6.21. The average Bonchev–Trinajstić information content (AvgIpc) is 2.66. The summed E-state index contributed by atoms with van der Waals surface area (Å²) in [4.78, 5) is -0.0800. The molecule has 0 saturated carbocycles. The van der Waals surface area contributed by atoms with E-state index in [1.165, 1.54) is 22.9 Å². The summed E-state index contributed by atoms with van der Waals surface area (Å²) < 4.78 is 38.1. The number of aromatic nitrogens is 2. The van der Waals surface area contributed by atoms with Gasteiger partial charge in [0, 0.05) is 12.8 Å². The molecular weight excluding hydrogens is 283 g/mol. The molecule has 2 rings (SSSR count). The van der Waals surface area contributed by atoms with Crippen LogP contribution in [0.4, 0.5) is 16.0 Å². The maximum Gasteiger partial charge on any atom is 0.182 e. The van der Waals surface area contributed by atoms with E-state index in [4.69, 9.17) is 5.73 Å². The molecule has 108 valence electrons. The molecule has 3 N–H and O–H groups in total. The van der Waals surface area contributed by atoms with E-state index in [2.05, 4.69) is 10.4 Å². The van der Waals surface area contributed by atoms with E-state index in [9.17, 15) is 12.8 Å². The standard InChI is InChI=1S/C12H15FN4O2S/c1-3-15-12-10(20(2,18)19)11(14)17(16-12)9-6-4-5-8(13)7-9/h4-7H,3,14H2,1-2H3,(H,15,16). The van der Waals surface area contributed by atoms with Crippen LogP contribution in [0.25, 0.3) is 5.69 Å². The summed E-state index contributed by atoms with van der Waals surface area (Å²) in [5, 5.41) is 6.96. The number of hydrogen-bond acceptors (Lipinski definition) is 5. The van der Waals surface area contributed by atoms with Crippen LogP contribution >= 0.6 is 0 Å². The second-order valence-electron chi connectivity index (χ2n) is 4.26. The number of benzene rings is 1. The Morgan fingerprint density at radius 1 is 1.45 bits per heavy atom. The summed E-state index contributed by atoms with van der Waals surface area (Å²) in [6.07, 6.45) is 1.05. The van der Waals surface area contributed by atoms with Crippen molar-refractivity contribution in [2.24, 2.45) is 0 Å². The SMILES string of the molecule is CCNc1nn(-c2cccc(F)c2)c(N)c1S(C)(=O)=O. The lowest BCUT2D eigenvalue weighted by Crippen LogP contribution is -2.06. The number of nitrogen functional groups attached to an aromatic ring is 1. The van der Waals surface area contributed by atoms with E-state index >= 15 is 0 Å². The van der Waals surface area contributed by atoms with Crippen LogP contribution in [0.2, 0.25) is 0 Å². The Morgan fingerprint density at radius 2 is 2.15 bits per heavy atom. The van der Waals surface area contributed by atoms with E-state index in [0.717, 1.165) is 6.26 Å². The number of sulfone groups is 1. The first-order chi connectivity index (χ1) is 9.34. The van der Waals surface area contributed by atoms with E-state index in [0.29, 0.717) is 12.2 Å². The van der Waals surface area contributed by atoms with Gasteiger partial charge in [0.05, 0.1) is 5.69 Å². The number of rotatable bonds is 4. The van der Waals surface area contributed by atoms with Gasteiger partial charge in [0.25, 0.3) is 0 Å². The Labute approximate surface area is 116 Å². The van der Waals surface area contributed by atoms with Gasteiger partial charge in [0.15, 0.2) is 20.6 Å². The highest BCUT2D eigenvalue weighted by atomic mass is 32.2. The molecule has 0 radical (unpaired) electrons. The summed E-state index contributed by atoms with van der Waals surface area (Å²) in [5.74, 6) is -0.339.